The van der Waals surface area contributed by atoms with E-state index in [9.17, 15) is 4.79 Å². The molecule has 1 aromatic heterocycles. The molecule has 100 valence electrons. The van der Waals surface area contributed by atoms with Crippen LogP contribution in [0.2, 0.25) is 0 Å². The Morgan fingerprint density at radius 2 is 2.22 bits per heavy atom. The summed E-state index contributed by atoms with van der Waals surface area (Å²) in [4.78, 5) is 20.9. The monoisotopic (exact) mass is 269 g/mol. The average molecular weight is 269 g/mol. The number of carbonyl (C=O) groups excluding carboxylic acids is 1. The Hall–Kier alpha value is -1.02. The summed E-state index contributed by atoms with van der Waals surface area (Å²) in [6.45, 7) is 5.47. The number of thiazole rings is 1. The lowest BCUT2D eigenvalue weighted by atomic mass is 10.3. The van der Waals surface area contributed by atoms with Gasteiger partial charge in [0.05, 0.1) is 11.2 Å². The first-order chi connectivity index (χ1) is 8.69. The zero-order valence-electron chi connectivity index (χ0n) is 10.6. The molecule has 1 aliphatic rings. The van der Waals surface area contributed by atoms with Crippen LogP contribution in [0.5, 0.6) is 0 Å². The van der Waals surface area contributed by atoms with Crippen molar-refractivity contribution < 1.29 is 4.79 Å². The molecule has 1 aromatic rings. The lowest BCUT2D eigenvalue weighted by Gasteiger charge is -2.32. The van der Waals surface area contributed by atoms with Gasteiger partial charge in [-0.05, 0) is 7.05 Å². The number of nitrogen functional groups attached to an aromatic ring is 1. The molecule has 1 aliphatic heterocycles. The first kappa shape index (κ1) is 13.4. The Balaban J connectivity index is 1.79. The van der Waals surface area contributed by atoms with E-state index in [1.807, 2.05) is 0 Å². The first-order valence-electron chi connectivity index (χ1n) is 6.05. The lowest BCUT2D eigenvalue weighted by Crippen LogP contribution is -2.45. The second-order valence-corrected chi connectivity index (χ2v) is 5.60. The SMILES string of the molecule is CN1CCN(CCc2ncc(C(=O)NN)s2)CC1. The van der Waals surface area contributed by atoms with Crippen LogP contribution in [0.25, 0.3) is 0 Å². The van der Waals surface area contributed by atoms with Crippen LogP contribution in [-0.4, -0.2) is 60.5 Å². The third-order valence-electron chi connectivity index (χ3n) is 3.15. The van der Waals surface area contributed by atoms with Gasteiger partial charge in [-0.3, -0.25) is 10.2 Å². The van der Waals surface area contributed by atoms with Crippen molar-refractivity contribution in [3.63, 3.8) is 0 Å². The van der Waals surface area contributed by atoms with Gasteiger partial charge in [0.1, 0.15) is 4.88 Å². The average Bonchev–Trinajstić information content (AvgIpc) is 2.86. The van der Waals surface area contributed by atoms with Crippen molar-refractivity contribution in [2.75, 3.05) is 39.8 Å². The van der Waals surface area contributed by atoms with E-state index in [4.69, 9.17) is 5.84 Å². The predicted octanol–water partition coefficient (Wildman–Crippen LogP) is -0.463. The normalized spacial score (nSPS) is 17.9. The summed E-state index contributed by atoms with van der Waals surface area (Å²) >= 11 is 1.41. The third kappa shape index (κ3) is 3.49. The van der Waals surface area contributed by atoms with Crippen LogP contribution >= 0.6 is 11.3 Å². The largest absolute Gasteiger partial charge is 0.304 e. The Kier molecular flexibility index (Phi) is 4.65. The van der Waals surface area contributed by atoms with Gasteiger partial charge in [0.15, 0.2) is 0 Å². The summed E-state index contributed by atoms with van der Waals surface area (Å²) in [5, 5.41) is 0.993. The highest BCUT2D eigenvalue weighted by molar-refractivity contribution is 7.13. The van der Waals surface area contributed by atoms with Gasteiger partial charge < -0.3 is 9.80 Å². The second kappa shape index (κ2) is 6.24. The number of nitrogens with one attached hydrogen (secondary N) is 1. The van der Waals surface area contributed by atoms with Gasteiger partial charge in [-0.25, -0.2) is 10.8 Å². The number of rotatable bonds is 4. The second-order valence-electron chi connectivity index (χ2n) is 4.49. The topological polar surface area (TPSA) is 74.5 Å². The van der Waals surface area contributed by atoms with Crippen LogP contribution in [0.4, 0.5) is 0 Å². The molecule has 0 bridgehead atoms. The Morgan fingerprint density at radius 1 is 1.50 bits per heavy atom. The minimum atomic E-state index is -0.265. The molecule has 2 heterocycles. The van der Waals surface area contributed by atoms with Gasteiger partial charge in [0.25, 0.3) is 5.91 Å². The Labute approximate surface area is 111 Å². The maximum Gasteiger partial charge on any atom is 0.276 e. The summed E-state index contributed by atoms with van der Waals surface area (Å²) in [6, 6.07) is 0. The Bertz CT molecular complexity index is 400. The number of amides is 1. The third-order valence-corrected chi connectivity index (χ3v) is 4.20. The number of hydrogen-bond donors (Lipinski definition) is 2. The number of piperazine rings is 1. The molecular weight excluding hydrogens is 250 g/mol. The fourth-order valence-electron chi connectivity index (χ4n) is 1.93. The summed E-state index contributed by atoms with van der Waals surface area (Å²) in [5.74, 6) is 4.82. The quantitative estimate of drug-likeness (QED) is 0.439. The number of nitrogens with two attached hydrogens (primary N) is 1. The first-order valence-corrected chi connectivity index (χ1v) is 6.87. The fourth-order valence-corrected chi connectivity index (χ4v) is 2.74. The van der Waals surface area contributed by atoms with Crippen molar-refractivity contribution in [2.45, 2.75) is 6.42 Å². The van der Waals surface area contributed by atoms with Crippen LogP contribution < -0.4 is 11.3 Å². The molecule has 0 unspecified atom stereocenters. The summed E-state index contributed by atoms with van der Waals surface area (Å²) in [7, 11) is 2.15. The molecule has 0 aliphatic carbocycles. The van der Waals surface area contributed by atoms with Gasteiger partial charge in [0.2, 0.25) is 0 Å². The highest BCUT2D eigenvalue weighted by Crippen LogP contribution is 2.13. The molecule has 1 amide bonds. The molecular formula is C11H19N5OS. The van der Waals surface area contributed by atoms with E-state index in [2.05, 4.69) is 27.3 Å². The van der Waals surface area contributed by atoms with Crippen LogP contribution in [0.3, 0.4) is 0 Å². The van der Waals surface area contributed by atoms with Gasteiger partial charge in [-0.15, -0.1) is 11.3 Å². The van der Waals surface area contributed by atoms with Gasteiger partial charge in [-0.1, -0.05) is 0 Å². The van der Waals surface area contributed by atoms with E-state index >= 15 is 0 Å². The molecule has 0 atom stereocenters. The molecule has 0 radical (unpaired) electrons. The van der Waals surface area contributed by atoms with Crippen molar-refractivity contribution >= 4 is 17.2 Å². The zero-order chi connectivity index (χ0) is 13.0. The minimum Gasteiger partial charge on any atom is -0.304 e. The van der Waals surface area contributed by atoms with E-state index in [1.54, 1.807) is 6.20 Å². The summed E-state index contributed by atoms with van der Waals surface area (Å²) in [5.41, 5.74) is 2.12. The summed E-state index contributed by atoms with van der Waals surface area (Å²) < 4.78 is 0. The van der Waals surface area contributed by atoms with Crippen molar-refractivity contribution in [2.24, 2.45) is 5.84 Å². The minimum absolute atomic E-state index is 0.265. The molecule has 6 nitrogen and oxygen atoms in total. The van der Waals surface area contributed by atoms with Gasteiger partial charge >= 0.3 is 0 Å². The smallest absolute Gasteiger partial charge is 0.276 e. The molecule has 2 rings (SSSR count). The van der Waals surface area contributed by atoms with Crippen LogP contribution in [-0.2, 0) is 6.42 Å². The molecule has 1 saturated heterocycles. The molecule has 18 heavy (non-hydrogen) atoms. The lowest BCUT2D eigenvalue weighted by molar-refractivity contribution is 0.0957. The van der Waals surface area contributed by atoms with Gasteiger partial charge in [0, 0.05) is 39.1 Å². The van der Waals surface area contributed by atoms with Gasteiger partial charge in [-0.2, -0.15) is 0 Å². The van der Waals surface area contributed by atoms with Crippen molar-refractivity contribution in [1.82, 2.24) is 20.2 Å². The van der Waals surface area contributed by atoms with E-state index in [-0.39, 0.29) is 5.91 Å². The van der Waals surface area contributed by atoms with Crippen LogP contribution in [0.15, 0.2) is 6.20 Å². The number of carbonyl (C=O) groups is 1. The molecule has 0 spiro atoms. The molecule has 3 N–H and O–H groups in total. The van der Waals surface area contributed by atoms with E-state index in [0.29, 0.717) is 4.88 Å². The maximum absolute atomic E-state index is 11.3. The van der Waals surface area contributed by atoms with E-state index < -0.39 is 0 Å². The van der Waals surface area contributed by atoms with Crippen molar-refractivity contribution in [3.05, 3.63) is 16.1 Å². The molecule has 1 fully saturated rings. The highest BCUT2D eigenvalue weighted by atomic mass is 32.1. The highest BCUT2D eigenvalue weighted by Gasteiger charge is 2.14. The van der Waals surface area contributed by atoms with Crippen LogP contribution in [0, 0.1) is 0 Å². The zero-order valence-corrected chi connectivity index (χ0v) is 11.4. The van der Waals surface area contributed by atoms with E-state index in [0.717, 1.165) is 44.2 Å². The predicted molar refractivity (Wildman–Crippen MR) is 71.4 cm³/mol. The summed E-state index contributed by atoms with van der Waals surface area (Å²) in [6.07, 6.45) is 2.48. The van der Waals surface area contributed by atoms with Crippen molar-refractivity contribution in [1.29, 1.82) is 0 Å². The molecule has 7 heteroatoms. The molecule has 0 saturated carbocycles. The number of hydrogen-bond acceptors (Lipinski definition) is 6. The number of likely N-dealkylation sites (N-methyl/N-ethyl adjacent to an activating group) is 1. The molecule has 0 aromatic carbocycles. The fraction of sp³-hybridized carbons (Fsp3) is 0.636. The number of nitrogens with zero attached hydrogens (tertiary/aromatic N) is 3. The van der Waals surface area contributed by atoms with Crippen LogP contribution in [0.1, 0.15) is 14.7 Å². The standard InChI is InChI=1S/C11H19N5OS/c1-15-4-6-16(7-5-15)3-2-10-13-8-9(18-10)11(17)14-12/h8H,2-7,12H2,1H3,(H,14,17). The maximum atomic E-state index is 11.3. The number of aromatic nitrogens is 1. The van der Waals surface area contributed by atoms with Crippen molar-refractivity contribution in [3.8, 4) is 0 Å². The Morgan fingerprint density at radius 3 is 2.89 bits per heavy atom. The van der Waals surface area contributed by atoms with E-state index in [1.165, 1.54) is 11.3 Å². The number of hydrazine groups is 1.